The summed E-state index contributed by atoms with van der Waals surface area (Å²) in [6.07, 6.45) is 1.63. The summed E-state index contributed by atoms with van der Waals surface area (Å²) in [6.45, 7) is 2.29. The molecule has 2 heterocycles. The number of aromatic nitrogens is 1. The molecule has 0 radical (unpaired) electrons. The number of hydrogen-bond donors (Lipinski definition) is 1. The van der Waals surface area contributed by atoms with Crippen LogP contribution in [0.3, 0.4) is 0 Å². The fourth-order valence-corrected chi connectivity index (χ4v) is 2.99. The van der Waals surface area contributed by atoms with Gasteiger partial charge in [-0.25, -0.2) is 4.79 Å². The standard InChI is InChI=1S/C18H22N4O2/c1-20-10-11-22(16(13-20)14-6-4-3-5-7-14)18(24)19-15-8-9-17(23)21(2)12-15/h3-9,12,16H,10-11,13H2,1-2H3,(H,19,24). The molecule has 1 aromatic carbocycles. The number of anilines is 1. The van der Waals surface area contributed by atoms with Gasteiger partial charge in [0.2, 0.25) is 5.56 Å². The lowest BCUT2D eigenvalue weighted by atomic mass is 10.0. The van der Waals surface area contributed by atoms with E-state index in [0.29, 0.717) is 12.2 Å². The first-order valence-electron chi connectivity index (χ1n) is 8.02. The van der Waals surface area contributed by atoms with Gasteiger partial charge in [0.1, 0.15) is 0 Å². The second-order valence-electron chi connectivity index (χ2n) is 6.18. The van der Waals surface area contributed by atoms with E-state index < -0.39 is 0 Å². The highest BCUT2D eigenvalue weighted by Gasteiger charge is 2.30. The first-order valence-corrected chi connectivity index (χ1v) is 8.02. The number of nitrogens with zero attached hydrogens (tertiary/aromatic N) is 3. The third-order valence-corrected chi connectivity index (χ3v) is 4.37. The van der Waals surface area contributed by atoms with Crippen LogP contribution < -0.4 is 10.9 Å². The van der Waals surface area contributed by atoms with E-state index >= 15 is 0 Å². The van der Waals surface area contributed by atoms with E-state index in [0.717, 1.165) is 18.7 Å². The number of nitrogens with one attached hydrogen (secondary N) is 1. The van der Waals surface area contributed by atoms with Crippen LogP contribution >= 0.6 is 0 Å². The molecular formula is C18H22N4O2. The molecular weight excluding hydrogens is 304 g/mol. The lowest BCUT2D eigenvalue weighted by molar-refractivity contribution is 0.116. The van der Waals surface area contributed by atoms with Gasteiger partial charge in [-0.15, -0.1) is 0 Å². The van der Waals surface area contributed by atoms with Crippen LogP contribution in [0.5, 0.6) is 0 Å². The molecule has 6 nitrogen and oxygen atoms in total. The lowest BCUT2D eigenvalue weighted by Crippen LogP contribution is -2.50. The monoisotopic (exact) mass is 326 g/mol. The van der Waals surface area contributed by atoms with Crippen molar-refractivity contribution in [3.05, 3.63) is 64.6 Å². The number of pyridine rings is 1. The van der Waals surface area contributed by atoms with E-state index in [2.05, 4.69) is 29.4 Å². The topological polar surface area (TPSA) is 57.6 Å². The van der Waals surface area contributed by atoms with Gasteiger partial charge >= 0.3 is 6.03 Å². The minimum atomic E-state index is -0.143. The summed E-state index contributed by atoms with van der Waals surface area (Å²) in [6, 6.07) is 13.0. The average Bonchev–Trinajstić information content (AvgIpc) is 2.59. The molecule has 1 fully saturated rings. The van der Waals surface area contributed by atoms with Crippen LogP contribution in [0, 0.1) is 0 Å². The Bertz CT molecular complexity index is 772. The number of carbonyl (C=O) groups is 1. The van der Waals surface area contributed by atoms with Crippen LogP contribution in [-0.2, 0) is 7.05 Å². The predicted molar refractivity (Wildman–Crippen MR) is 94.1 cm³/mol. The van der Waals surface area contributed by atoms with Crippen molar-refractivity contribution >= 4 is 11.7 Å². The van der Waals surface area contributed by atoms with Crippen molar-refractivity contribution in [3.63, 3.8) is 0 Å². The smallest absolute Gasteiger partial charge is 0.317 e. The van der Waals surface area contributed by atoms with Crippen molar-refractivity contribution in [2.24, 2.45) is 7.05 Å². The molecule has 0 saturated carbocycles. The highest BCUT2D eigenvalue weighted by Crippen LogP contribution is 2.25. The Morgan fingerprint density at radius 1 is 1.08 bits per heavy atom. The van der Waals surface area contributed by atoms with Gasteiger partial charge in [-0.3, -0.25) is 4.79 Å². The minimum Gasteiger partial charge on any atom is -0.317 e. The molecule has 0 aliphatic carbocycles. The molecule has 1 unspecified atom stereocenters. The quantitative estimate of drug-likeness (QED) is 0.917. The Morgan fingerprint density at radius 3 is 2.54 bits per heavy atom. The fourth-order valence-electron chi connectivity index (χ4n) is 2.99. The normalized spacial score (nSPS) is 18.4. The first kappa shape index (κ1) is 16.3. The zero-order chi connectivity index (χ0) is 17.1. The maximum atomic E-state index is 12.8. The van der Waals surface area contributed by atoms with Gasteiger partial charge in [0, 0.05) is 38.9 Å². The summed E-state index contributed by atoms with van der Waals surface area (Å²) in [5.74, 6) is 0. The maximum absolute atomic E-state index is 12.8. The molecule has 2 amide bonds. The van der Waals surface area contributed by atoms with Gasteiger partial charge in [0.25, 0.3) is 0 Å². The molecule has 0 bridgehead atoms. The van der Waals surface area contributed by atoms with Crippen LogP contribution in [0.2, 0.25) is 0 Å². The average molecular weight is 326 g/mol. The van der Waals surface area contributed by atoms with Crippen molar-refractivity contribution in [1.29, 1.82) is 0 Å². The van der Waals surface area contributed by atoms with Crippen LogP contribution in [0.1, 0.15) is 11.6 Å². The Labute approximate surface area is 141 Å². The molecule has 126 valence electrons. The third-order valence-electron chi connectivity index (χ3n) is 4.37. The van der Waals surface area contributed by atoms with Crippen molar-refractivity contribution in [2.45, 2.75) is 6.04 Å². The SMILES string of the molecule is CN1CCN(C(=O)Nc2ccc(=O)n(C)c2)C(c2ccccc2)C1. The van der Waals surface area contributed by atoms with Gasteiger partial charge in [-0.2, -0.15) is 0 Å². The molecule has 1 atom stereocenters. The fraction of sp³-hybridized carbons (Fsp3) is 0.333. The zero-order valence-electron chi connectivity index (χ0n) is 14.0. The van der Waals surface area contributed by atoms with Crippen LogP contribution in [0.4, 0.5) is 10.5 Å². The van der Waals surface area contributed by atoms with E-state index in [-0.39, 0.29) is 17.6 Å². The Morgan fingerprint density at radius 2 is 1.83 bits per heavy atom. The number of amides is 2. The van der Waals surface area contributed by atoms with Crippen LogP contribution in [0.15, 0.2) is 53.5 Å². The molecule has 1 N–H and O–H groups in total. The summed E-state index contributed by atoms with van der Waals surface area (Å²) in [7, 11) is 3.73. The zero-order valence-corrected chi connectivity index (χ0v) is 14.0. The third kappa shape index (κ3) is 3.49. The molecule has 1 saturated heterocycles. The molecule has 1 aromatic heterocycles. The summed E-state index contributed by atoms with van der Waals surface area (Å²) in [5.41, 5.74) is 1.64. The number of piperazine rings is 1. The summed E-state index contributed by atoms with van der Waals surface area (Å²) in [5, 5.41) is 2.90. The van der Waals surface area contributed by atoms with Gasteiger partial charge in [0.15, 0.2) is 0 Å². The van der Waals surface area contributed by atoms with E-state index in [4.69, 9.17) is 0 Å². The summed E-state index contributed by atoms with van der Waals surface area (Å²) >= 11 is 0. The largest absolute Gasteiger partial charge is 0.322 e. The molecule has 1 aliphatic heterocycles. The minimum absolute atomic E-state index is 0.0116. The first-order chi connectivity index (χ1) is 11.5. The lowest BCUT2D eigenvalue weighted by Gasteiger charge is -2.40. The van der Waals surface area contributed by atoms with Crippen molar-refractivity contribution < 1.29 is 4.79 Å². The Kier molecular flexibility index (Phi) is 4.66. The molecule has 0 spiro atoms. The van der Waals surface area contributed by atoms with E-state index in [9.17, 15) is 9.59 Å². The number of aryl methyl sites for hydroxylation is 1. The van der Waals surface area contributed by atoms with Gasteiger partial charge in [-0.1, -0.05) is 30.3 Å². The number of carbonyl (C=O) groups excluding carboxylic acids is 1. The Hall–Kier alpha value is -2.60. The number of likely N-dealkylation sites (N-methyl/N-ethyl adjacent to an activating group) is 1. The van der Waals surface area contributed by atoms with E-state index in [1.807, 2.05) is 23.1 Å². The van der Waals surface area contributed by atoms with Gasteiger partial charge in [-0.05, 0) is 18.7 Å². The highest BCUT2D eigenvalue weighted by atomic mass is 16.2. The van der Waals surface area contributed by atoms with Crippen molar-refractivity contribution in [2.75, 3.05) is 32.0 Å². The predicted octanol–water partition coefficient (Wildman–Crippen LogP) is 1.91. The number of urea groups is 1. The van der Waals surface area contributed by atoms with Crippen LogP contribution in [-0.4, -0.2) is 47.1 Å². The Balaban J connectivity index is 1.80. The summed E-state index contributed by atoms with van der Waals surface area (Å²) < 4.78 is 1.45. The molecule has 24 heavy (non-hydrogen) atoms. The highest BCUT2D eigenvalue weighted by molar-refractivity contribution is 5.89. The van der Waals surface area contributed by atoms with Crippen molar-refractivity contribution in [1.82, 2.24) is 14.4 Å². The molecule has 3 rings (SSSR count). The second kappa shape index (κ2) is 6.88. The van der Waals surface area contributed by atoms with E-state index in [1.165, 1.54) is 10.6 Å². The number of hydrogen-bond acceptors (Lipinski definition) is 3. The summed E-state index contributed by atoms with van der Waals surface area (Å²) in [4.78, 5) is 28.3. The maximum Gasteiger partial charge on any atom is 0.322 e. The van der Waals surface area contributed by atoms with Gasteiger partial charge < -0.3 is 19.7 Å². The molecule has 6 heteroatoms. The van der Waals surface area contributed by atoms with Crippen molar-refractivity contribution in [3.8, 4) is 0 Å². The molecule has 2 aromatic rings. The molecule has 1 aliphatic rings. The number of benzene rings is 1. The van der Waals surface area contributed by atoms with Crippen LogP contribution in [0.25, 0.3) is 0 Å². The number of rotatable bonds is 2. The van der Waals surface area contributed by atoms with Gasteiger partial charge in [0.05, 0.1) is 11.7 Å². The second-order valence-corrected chi connectivity index (χ2v) is 6.18. The van der Waals surface area contributed by atoms with E-state index in [1.54, 1.807) is 19.3 Å².